The third-order valence-electron chi connectivity index (χ3n) is 3.36. The monoisotopic (exact) mass is 183 g/mol. The van der Waals surface area contributed by atoms with Crippen molar-refractivity contribution in [2.75, 3.05) is 0 Å². The molecule has 1 rings (SSSR count). The highest BCUT2D eigenvalue weighted by Gasteiger charge is 2.17. The summed E-state index contributed by atoms with van der Waals surface area (Å²) in [5.74, 6) is 1.01. The fourth-order valence-electron chi connectivity index (χ4n) is 2.34. The van der Waals surface area contributed by atoms with E-state index in [2.05, 4.69) is 6.92 Å². The zero-order chi connectivity index (χ0) is 9.52. The largest absolute Gasteiger partial charge is 0.328 e. The molecular formula is C12H25N. The number of hydrogen-bond donors (Lipinski definition) is 1. The summed E-state index contributed by atoms with van der Waals surface area (Å²) < 4.78 is 0. The maximum atomic E-state index is 5.87. The average molecular weight is 183 g/mol. The molecule has 0 aromatic heterocycles. The maximum absolute atomic E-state index is 5.87. The van der Waals surface area contributed by atoms with E-state index >= 15 is 0 Å². The highest BCUT2D eigenvalue weighted by atomic mass is 14.6. The Bertz CT molecular complexity index is 114. The molecule has 0 atom stereocenters. The van der Waals surface area contributed by atoms with Crippen LogP contribution in [0.4, 0.5) is 0 Å². The third-order valence-corrected chi connectivity index (χ3v) is 3.36. The Hall–Kier alpha value is -0.0400. The van der Waals surface area contributed by atoms with Gasteiger partial charge in [0.05, 0.1) is 0 Å². The van der Waals surface area contributed by atoms with Gasteiger partial charge in [0, 0.05) is 6.04 Å². The van der Waals surface area contributed by atoms with E-state index in [-0.39, 0.29) is 0 Å². The molecule has 0 unspecified atom stereocenters. The van der Waals surface area contributed by atoms with Crippen LogP contribution in [-0.4, -0.2) is 6.04 Å². The minimum absolute atomic E-state index is 0.520. The van der Waals surface area contributed by atoms with Crippen LogP contribution in [0.1, 0.15) is 64.7 Å². The first-order valence-electron chi connectivity index (χ1n) is 6.08. The van der Waals surface area contributed by atoms with Gasteiger partial charge in [0.2, 0.25) is 0 Å². The first-order chi connectivity index (χ1) is 6.33. The molecule has 78 valence electrons. The molecule has 0 aromatic carbocycles. The second kappa shape index (κ2) is 6.42. The fourth-order valence-corrected chi connectivity index (χ4v) is 2.34. The zero-order valence-electron chi connectivity index (χ0n) is 9.10. The average Bonchev–Trinajstić information content (AvgIpc) is 2.15. The summed E-state index contributed by atoms with van der Waals surface area (Å²) in [5, 5.41) is 0. The predicted octanol–water partition coefficient (Wildman–Crippen LogP) is 3.47. The van der Waals surface area contributed by atoms with Gasteiger partial charge in [-0.3, -0.25) is 0 Å². The van der Waals surface area contributed by atoms with Gasteiger partial charge in [0.1, 0.15) is 0 Å². The SMILES string of the molecule is CCCCCCC1CCC(N)CC1. The lowest BCUT2D eigenvalue weighted by atomic mass is 9.83. The Morgan fingerprint density at radius 1 is 1.00 bits per heavy atom. The first-order valence-corrected chi connectivity index (χ1v) is 6.08. The normalized spacial score (nSPS) is 29.1. The topological polar surface area (TPSA) is 26.0 Å². The van der Waals surface area contributed by atoms with Gasteiger partial charge in [0.15, 0.2) is 0 Å². The molecular weight excluding hydrogens is 158 g/mol. The third kappa shape index (κ3) is 4.66. The molecule has 0 heterocycles. The van der Waals surface area contributed by atoms with Crippen molar-refractivity contribution in [1.29, 1.82) is 0 Å². The van der Waals surface area contributed by atoms with Crippen molar-refractivity contribution < 1.29 is 0 Å². The molecule has 0 aromatic rings. The summed E-state index contributed by atoms with van der Waals surface area (Å²) in [6, 6.07) is 0.520. The van der Waals surface area contributed by atoms with Crippen LogP contribution >= 0.6 is 0 Å². The molecule has 1 fully saturated rings. The van der Waals surface area contributed by atoms with E-state index in [1.54, 1.807) is 0 Å². The highest BCUT2D eigenvalue weighted by molar-refractivity contribution is 4.74. The van der Waals surface area contributed by atoms with Gasteiger partial charge in [-0.15, -0.1) is 0 Å². The van der Waals surface area contributed by atoms with E-state index in [1.165, 1.54) is 57.8 Å². The summed E-state index contributed by atoms with van der Waals surface area (Å²) >= 11 is 0. The van der Waals surface area contributed by atoms with Crippen LogP contribution in [0.15, 0.2) is 0 Å². The molecule has 0 aliphatic heterocycles. The van der Waals surface area contributed by atoms with Crippen molar-refractivity contribution in [2.45, 2.75) is 70.8 Å². The van der Waals surface area contributed by atoms with Gasteiger partial charge >= 0.3 is 0 Å². The molecule has 0 radical (unpaired) electrons. The van der Waals surface area contributed by atoms with Gasteiger partial charge in [0.25, 0.3) is 0 Å². The molecule has 1 saturated carbocycles. The second-order valence-corrected chi connectivity index (χ2v) is 4.63. The maximum Gasteiger partial charge on any atom is 0.00390 e. The van der Waals surface area contributed by atoms with Crippen molar-refractivity contribution in [2.24, 2.45) is 11.7 Å². The molecule has 0 bridgehead atoms. The Labute approximate surface area is 83.1 Å². The first kappa shape index (κ1) is 11.0. The minimum Gasteiger partial charge on any atom is -0.328 e. The Morgan fingerprint density at radius 2 is 1.69 bits per heavy atom. The van der Waals surface area contributed by atoms with Gasteiger partial charge in [-0.1, -0.05) is 39.0 Å². The molecule has 0 saturated heterocycles. The highest BCUT2D eigenvalue weighted by Crippen LogP contribution is 2.27. The van der Waals surface area contributed by atoms with Crippen molar-refractivity contribution in [3.05, 3.63) is 0 Å². The van der Waals surface area contributed by atoms with Crippen LogP contribution in [-0.2, 0) is 0 Å². The van der Waals surface area contributed by atoms with Crippen LogP contribution < -0.4 is 5.73 Å². The molecule has 1 aliphatic carbocycles. The lowest BCUT2D eigenvalue weighted by Crippen LogP contribution is -2.26. The molecule has 0 spiro atoms. The summed E-state index contributed by atoms with van der Waals surface area (Å²) in [6.45, 7) is 2.28. The molecule has 1 heteroatoms. The van der Waals surface area contributed by atoms with Gasteiger partial charge in [-0.05, 0) is 31.6 Å². The van der Waals surface area contributed by atoms with Crippen LogP contribution in [0.25, 0.3) is 0 Å². The number of nitrogens with two attached hydrogens (primary N) is 1. The van der Waals surface area contributed by atoms with Crippen LogP contribution in [0.2, 0.25) is 0 Å². The summed E-state index contributed by atoms with van der Waals surface area (Å²) in [7, 11) is 0. The van der Waals surface area contributed by atoms with E-state index in [1.807, 2.05) is 0 Å². The zero-order valence-corrected chi connectivity index (χ0v) is 9.10. The lowest BCUT2D eigenvalue weighted by Gasteiger charge is -2.25. The van der Waals surface area contributed by atoms with Gasteiger partial charge < -0.3 is 5.73 Å². The molecule has 1 nitrogen and oxygen atoms in total. The van der Waals surface area contributed by atoms with Crippen LogP contribution in [0.3, 0.4) is 0 Å². The van der Waals surface area contributed by atoms with Crippen LogP contribution in [0.5, 0.6) is 0 Å². The second-order valence-electron chi connectivity index (χ2n) is 4.63. The summed E-state index contributed by atoms with van der Waals surface area (Å²) in [5.41, 5.74) is 5.87. The Kier molecular flexibility index (Phi) is 5.45. The summed E-state index contributed by atoms with van der Waals surface area (Å²) in [6.07, 6.45) is 12.5. The number of unbranched alkanes of at least 4 members (excludes halogenated alkanes) is 3. The van der Waals surface area contributed by atoms with Crippen LogP contribution in [0, 0.1) is 5.92 Å². The Balaban J connectivity index is 1.96. The van der Waals surface area contributed by atoms with Crippen molar-refractivity contribution in [3.63, 3.8) is 0 Å². The van der Waals surface area contributed by atoms with E-state index in [0.29, 0.717) is 6.04 Å². The number of rotatable bonds is 5. The predicted molar refractivity (Wildman–Crippen MR) is 58.7 cm³/mol. The van der Waals surface area contributed by atoms with E-state index in [0.717, 1.165) is 5.92 Å². The summed E-state index contributed by atoms with van der Waals surface area (Å²) in [4.78, 5) is 0. The van der Waals surface area contributed by atoms with Gasteiger partial charge in [-0.25, -0.2) is 0 Å². The molecule has 2 N–H and O–H groups in total. The minimum atomic E-state index is 0.520. The molecule has 0 amide bonds. The van der Waals surface area contributed by atoms with Crippen molar-refractivity contribution >= 4 is 0 Å². The Morgan fingerprint density at radius 3 is 2.31 bits per heavy atom. The fraction of sp³-hybridized carbons (Fsp3) is 1.00. The standard InChI is InChI=1S/C12H25N/c1-2-3-4-5-6-11-7-9-12(13)10-8-11/h11-12H,2-10,13H2,1H3. The van der Waals surface area contributed by atoms with Crippen molar-refractivity contribution in [1.82, 2.24) is 0 Å². The lowest BCUT2D eigenvalue weighted by molar-refractivity contribution is 0.302. The molecule has 13 heavy (non-hydrogen) atoms. The number of hydrogen-bond acceptors (Lipinski definition) is 1. The van der Waals surface area contributed by atoms with E-state index in [9.17, 15) is 0 Å². The smallest absolute Gasteiger partial charge is 0.00390 e. The van der Waals surface area contributed by atoms with E-state index < -0.39 is 0 Å². The van der Waals surface area contributed by atoms with E-state index in [4.69, 9.17) is 5.73 Å². The quantitative estimate of drug-likeness (QED) is 0.649. The van der Waals surface area contributed by atoms with Gasteiger partial charge in [-0.2, -0.15) is 0 Å². The molecule has 1 aliphatic rings. The van der Waals surface area contributed by atoms with Crippen molar-refractivity contribution in [3.8, 4) is 0 Å².